The van der Waals surface area contributed by atoms with E-state index in [9.17, 15) is 16.8 Å². The van der Waals surface area contributed by atoms with Crippen molar-refractivity contribution in [1.82, 2.24) is 4.31 Å². The maximum absolute atomic E-state index is 12.6. The highest BCUT2D eigenvalue weighted by Crippen LogP contribution is 2.28. The van der Waals surface area contributed by atoms with Crippen molar-refractivity contribution in [2.45, 2.75) is 24.4 Å². The Bertz CT molecular complexity index is 747. The molecule has 1 heterocycles. The molecule has 1 atom stereocenters. The summed E-state index contributed by atoms with van der Waals surface area (Å²) in [6.07, 6.45) is 0. The Hall–Kier alpha value is -0.670. The van der Waals surface area contributed by atoms with E-state index in [1.165, 1.54) is 16.4 Å². The van der Waals surface area contributed by atoms with E-state index in [0.29, 0.717) is 0 Å². The Morgan fingerprint density at radius 1 is 1.43 bits per heavy atom. The summed E-state index contributed by atoms with van der Waals surface area (Å²) in [6, 6.07) is 3.92. The molecule has 1 fully saturated rings. The van der Waals surface area contributed by atoms with Crippen molar-refractivity contribution in [3.8, 4) is 0 Å². The van der Waals surface area contributed by atoms with Crippen LogP contribution in [0.15, 0.2) is 23.1 Å². The Kier molecular flexibility index (Phi) is 4.65. The first-order chi connectivity index (χ1) is 9.67. The van der Waals surface area contributed by atoms with Crippen LogP contribution in [0.3, 0.4) is 0 Å². The van der Waals surface area contributed by atoms with Crippen LogP contribution in [0.4, 0.5) is 0 Å². The highest BCUT2D eigenvalue weighted by molar-refractivity contribution is 7.92. The van der Waals surface area contributed by atoms with Crippen LogP contribution in [-0.2, 0) is 26.4 Å². The molecule has 1 saturated heterocycles. The molecule has 1 unspecified atom stereocenters. The zero-order valence-electron chi connectivity index (χ0n) is 11.5. The number of nitrogens with zero attached hydrogens (tertiary/aromatic N) is 1. The smallest absolute Gasteiger partial charge is 0.244 e. The lowest BCUT2D eigenvalue weighted by molar-refractivity contribution is 0.357. The van der Waals surface area contributed by atoms with E-state index in [2.05, 4.69) is 0 Å². The fourth-order valence-corrected chi connectivity index (χ4v) is 6.29. The van der Waals surface area contributed by atoms with E-state index in [1.54, 1.807) is 13.0 Å². The van der Waals surface area contributed by atoms with Crippen LogP contribution in [0.5, 0.6) is 0 Å². The van der Waals surface area contributed by atoms with Crippen LogP contribution in [-0.4, -0.2) is 45.2 Å². The SMILES string of the molecule is CC1CS(=O)(=O)CCN1S(=O)(=O)c1ccc(CN)cc1Cl. The van der Waals surface area contributed by atoms with Crippen molar-refractivity contribution < 1.29 is 16.8 Å². The predicted octanol–water partition coefficient (Wildman–Crippen LogP) is 0.606. The van der Waals surface area contributed by atoms with Crippen molar-refractivity contribution in [2.75, 3.05) is 18.1 Å². The third-order valence-electron chi connectivity index (χ3n) is 3.43. The number of hydrogen-bond donors (Lipinski definition) is 1. The minimum absolute atomic E-state index is 0.0208. The lowest BCUT2D eigenvalue weighted by Crippen LogP contribution is -2.49. The summed E-state index contributed by atoms with van der Waals surface area (Å²) in [6.45, 7) is 1.79. The standard InChI is InChI=1S/C12H17ClN2O4S2/c1-9-8-20(16,17)5-4-15(9)21(18,19)12-3-2-10(7-14)6-11(12)13/h2-3,6,9H,4-5,7-8,14H2,1H3. The molecule has 2 N–H and O–H groups in total. The summed E-state index contributed by atoms with van der Waals surface area (Å²) in [4.78, 5) is -0.0208. The molecule has 118 valence electrons. The van der Waals surface area contributed by atoms with E-state index >= 15 is 0 Å². The molecule has 1 aliphatic heterocycles. The number of halogens is 1. The quantitative estimate of drug-likeness (QED) is 0.859. The molecule has 0 amide bonds. The minimum Gasteiger partial charge on any atom is -0.326 e. The molecule has 0 aromatic heterocycles. The maximum atomic E-state index is 12.6. The van der Waals surface area contributed by atoms with Crippen molar-refractivity contribution >= 4 is 31.5 Å². The van der Waals surface area contributed by atoms with Gasteiger partial charge < -0.3 is 5.73 Å². The second-order valence-electron chi connectivity index (χ2n) is 5.05. The number of sulfonamides is 1. The zero-order chi connectivity index (χ0) is 15.8. The third kappa shape index (κ3) is 3.40. The van der Waals surface area contributed by atoms with E-state index in [4.69, 9.17) is 17.3 Å². The molecule has 1 aromatic carbocycles. The van der Waals surface area contributed by atoms with Gasteiger partial charge in [0, 0.05) is 19.1 Å². The molecular formula is C12H17ClN2O4S2. The third-order valence-corrected chi connectivity index (χ3v) is 7.72. The van der Waals surface area contributed by atoms with E-state index in [1.807, 2.05) is 0 Å². The average Bonchev–Trinajstić information content (AvgIpc) is 2.36. The summed E-state index contributed by atoms with van der Waals surface area (Å²) >= 11 is 6.04. The summed E-state index contributed by atoms with van der Waals surface area (Å²) in [5, 5.41) is 0.0959. The van der Waals surface area contributed by atoms with E-state index in [-0.39, 0.29) is 34.5 Å². The van der Waals surface area contributed by atoms with Gasteiger partial charge in [0.05, 0.1) is 16.5 Å². The summed E-state index contributed by atoms with van der Waals surface area (Å²) in [5.41, 5.74) is 6.22. The fraction of sp³-hybridized carbons (Fsp3) is 0.500. The van der Waals surface area contributed by atoms with Crippen LogP contribution < -0.4 is 5.73 Å². The summed E-state index contributed by atoms with van der Waals surface area (Å²) in [5.74, 6) is -0.347. The highest BCUT2D eigenvalue weighted by atomic mass is 35.5. The van der Waals surface area contributed by atoms with Crippen molar-refractivity contribution in [3.05, 3.63) is 28.8 Å². The number of benzene rings is 1. The second-order valence-corrected chi connectivity index (χ2v) is 9.54. The fourth-order valence-electron chi connectivity index (χ4n) is 2.35. The first-order valence-corrected chi connectivity index (χ1v) is 10.0. The first kappa shape index (κ1) is 16.7. The molecule has 2 rings (SSSR count). The molecule has 1 aliphatic rings. The Morgan fingerprint density at radius 2 is 2.10 bits per heavy atom. The Balaban J connectivity index is 2.39. The van der Waals surface area contributed by atoms with Gasteiger partial charge in [0.2, 0.25) is 10.0 Å². The molecule has 6 nitrogen and oxygen atoms in total. The minimum atomic E-state index is -3.82. The van der Waals surface area contributed by atoms with Crippen molar-refractivity contribution in [2.24, 2.45) is 5.73 Å². The van der Waals surface area contributed by atoms with E-state index in [0.717, 1.165) is 5.56 Å². The molecule has 0 saturated carbocycles. The summed E-state index contributed by atoms with van der Waals surface area (Å²) in [7, 11) is -7.00. The highest BCUT2D eigenvalue weighted by Gasteiger charge is 2.37. The predicted molar refractivity (Wildman–Crippen MR) is 81.4 cm³/mol. The van der Waals surface area contributed by atoms with Gasteiger partial charge in [-0.25, -0.2) is 16.8 Å². The van der Waals surface area contributed by atoms with Gasteiger partial charge in [-0.2, -0.15) is 4.31 Å². The van der Waals surface area contributed by atoms with Crippen LogP contribution >= 0.6 is 11.6 Å². The molecule has 0 radical (unpaired) electrons. The largest absolute Gasteiger partial charge is 0.326 e. The second kappa shape index (κ2) is 5.85. The molecule has 9 heteroatoms. The molecule has 0 bridgehead atoms. The number of sulfone groups is 1. The Morgan fingerprint density at radius 3 is 2.62 bits per heavy atom. The van der Waals surface area contributed by atoms with E-state index < -0.39 is 25.9 Å². The number of nitrogens with two attached hydrogens (primary N) is 1. The Labute approximate surface area is 129 Å². The zero-order valence-corrected chi connectivity index (χ0v) is 13.9. The van der Waals surface area contributed by atoms with Crippen LogP contribution in [0.1, 0.15) is 12.5 Å². The van der Waals surface area contributed by atoms with Gasteiger partial charge in [0.15, 0.2) is 9.84 Å². The topological polar surface area (TPSA) is 97.5 Å². The van der Waals surface area contributed by atoms with Crippen LogP contribution in [0, 0.1) is 0 Å². The maximum Gasteiger partial charge on any atom is 0.244 e. The van der Waals surface area contributed by atoms with Gasteiger partial charge >= 0.3 is 0 Å². The van der Waals surface area contributed by atoms with Gasteiger partial charge in [-0.3, -0.25) is 0 Å². The van der Waals surface area contributed by atoms with Crippen molar-refractivity contribution in [1.29, 1.82) is 0 Å². The lowest BCUT2D eigenvalue weighted by atomic mass is 10.2. The van der Waals surface area contributed by atoms with Crippen LogP contribution in [0.2, 0.25) is 5.02 Å². The van der Waals surface area contributed by atoms with Crippen LogP contribution in [0.25, 0.3) is 0 Å². The lowest BCUT2D eigenvalue weighted by Gasteiger charge is -2.32. The van der Waals surface area contributed by atoms with Gasteiger partial charge in [-0.05, 0) is 24.6 Å². The van der Waals surface area contributed by atoms with Crippen molar-refractivity contribution in [3.63, 3.8) is 0 Å². The number of rotatable bonds is 3. The van der Waals surface area contributed by atoms with Gasteiger partial charge in [-0.15, -0.1) is 0 Å². The number of hydrogen-bond acceptors (Lipinski definition) is 5. The monoisotopic (exact) mass is 352 g/mol. The molecular weight excluding hydrogens is 336 g/mol. The van der Waals surface area contributed by atoms with Gasteiger partial charge in [-0.1, -0.05) is 17.7 Å². The normalized spacial score (nSPS) is 23.1. The molecule has 1 aromatic rings. The first-order valence-electron chi connectivity index (χ1n) is 6.38. The molecule has 21 heavy (non-hydrogen) atoms. The van der Waals surface area contributed by atoms with Gasteiger partial charge in [0.25, 0.3) is 0 Å². The molecule has 0 aliphatic carbocycles. The molecule has 0 spiro atoms. The van der Waals surface area contributed by atoms with Gasteiger partial charge in [0.1, 0.15) is 4.90 Å². The average molecular weight is 353 g/mol. The summed E-state index contributed by atoms with van der Waals surface area (Å²) < 4.78 is 49.6.